The number of hydrogen-bond acceptors (Lipinski definition) is 6. The van der Waals surface area contributed by atoms with E-state index in [1.165, 1.54) is 0 Å². The number of hydrogen-bond donors (Lipinski definition) is 1. The van der Waals surface area contributed by atoms with E-state index in [4.69, 9.17) is 21.1 Å². The van der Waals surface area contributed by atoms with Crippen molar-refractivity contribution in [1.29, 1.82) is 0 Å². The van der Waals surface area contributed by atoms with Gasteiger partial charge in [0.05, 0.1) is 23.4 Å². The van der Waals surface area contributed by atoms with Crippen LogP contribution in [-0.2, 0) is 4.79 Å². The number of nitrogens with one attached hydrogen (secondary N) is 1. The lowest BCUT2D eigenvalue weighted by molar-refractivity contribution is -0.121. The largest absolute Gasteiger partial charge is 0.358 e. The summed E-state index contributed by atoms with van der Waals surface area (Å²) in [5, 5.41) is 7.96. The SMILES string of the molecule is C=CC1=C(/C=C\C)C(c2ccc(Cl)cc2)=N[C@@H](CC(=O)NCCCN2CCN(C)CC2)c2onc(C)c21. The third kappa shape index (κ3) is 6.47. The Morgan fingerprint density at radius 1 is 1.22 bits per heavy atom. The number of aromatic nitrogens is 1. The van der Waals surface area contributed by atoms with Crippen molar-refractivity contribution in [2.24, 2.45) is 4.99 Å². The molecule has 196 valence electrons. The fourth-order valence-electron chi connectivity index (χ4n) is 4.86. The maximum absolute atomic E-state index is 13.1. The van der Waals surface area contributed by atoms with Gasteiger partial charge in [-0.2, -0.15) is 0 Å². The van der Waals surface area contributed by atoms with Crippen LogP contribution in [0.4, 0.5) is 0 Å². The van der Waals surface area contributed by atoms with Gasteiger partial charge in [-0.3, -0.25) is 9.79 Å². The van der Waals surface area contributed by atoms with E-state index in [0.717, 1.165) is 72.8 Å². The maximum atomic E-state index is 13.1. The molecule has 0 saturated carbocycles. The first-order chi connectivity index (χ1) is 17.9. The van der Waals surface area contributed by atoms with Gasteiger partial charge in [-0.05, 0) is 51.6 Å². The predicted molar refractivity (Wildman–Crippen MR) is 150 cm³/mol. The Labute approximate surface area is 224 Å². The van der Waals surface area contributed by atoms with Gasteiger partial charge in [0.2, 0.25) is 5.91 Å². The monoisotopic (exact) mass is 521 g/mol. The zero-order chi connectivity index (χ0) is 26.4. The van der Waals surface area contributed by atoms with Crippen molar-refractivity contribution in [3.63, 3.8) is 0 Å². The number of allylic oxidation sites excluding steroid dienone is 5. The number of halogens is 1. The molecule has 4 rings (SSSR count). The second-order valence-electron chi connectivity index (χ2n) is 9.59. The Kier molecular flexibility index (Phi) is 9.14. The van der Waals surface area contributed by atoms with Gasteiger partial charge in [-0.25, -0.2) is 0 Å². The molecule has 1 aromatic heterocycles. The highest BCUT2D eigenvalue weighted by molar-refractivity contribution is 6.30. The molecule has 3 heterocycles. The van der Waals surface area contributed by atoms with Gasteiger partial charge in [0.1, 0.15) is 6.04 Å². The van der Waals surface area contributed by atoms with E-state index >= 15 is 0 Å². The smallest absolute Gasteiger partial charge is 0.222 e. The van der Waals surface area contributed by atoms with E-state index in [0.29, 0.717) is 17.3 Å². The molecule has 0 unspecified atom stereocenters. The summed E-state index contributed by atoms with van der Waals surface area (Å²) >= 11 is 6.16. The number of piperazine rings is 1. The molecule has 0 aliphatic carbocycles. The van der Waals surface area contributed by atoms with E-state index in [2.05, 4.69) is 33.9 Å². The van der Waals surface area contributed by atoms with Gasteiger partial charge in [0, 0.05) is 48.9 Å². The van der Waals surface area contributed by atoms with Crippen molar-refractivity contribution in [3.8, 4) is 0 Å². The Bertz CT molecular complexity index is 1200. The molecule has 1 saturated heterocycles. The van der Waals surface area contributed by atoms with E-state index in [9.17, 15) is 4.79 Å². The minimum Gasteiger partial charge on any atom is -0.358 e. The summed E-state index contributed by atoms with van der Waals surface area (Å²) in [6.45, 7) is 13.9. The molecule has 2 aliphatic rings. The summed E-state index contributed by atoms with van der Waals surface area (Å²) in [6, 6.07) is 7.06. The lowest BCUT2D eigenvalue weighted by atomic mass is 9.92. The summed E-state index contributed by atoms with van der Waals surface area (Å²) in [5.74, 6) is 0.531. The number of rotatable bonds is 9. The lowest BCUT2D eigenvalue weighted by Gasteiger charge is -2.32. The number of fused-ring (bicyclic) bond motifs is 1. The highest BCUT2D eigenvalue weighted by Gasteiger charge is 2.31. The summed E-state index contributed by atoms with van der Waals surface area (Å²) in [6.07, 6.45) is 6.88. The van der Waals surface area contributed by atoms with Crippen molar-refractivity contribution in [2.75, 3.05) is 46.3 Å². The summed E-state index contributed by atoms with van der Waals surface area (Å²) in [7, 11) is 2.16. The average molecular weight is 522 g/mol. The molecule has 1 atom stereocenters. The second-order valence-corrected chi connectivity index (χ2v) is 10.0. The van der Waals surface area contributed by atoms with Gasteiger partial charge in [0.15, 0.2) is 5.76 Å². The molecule has 1 N–H and O–H groups in total. The number of carbonyl (C=O) groups excluding carboxylic acids is 1. The van der Waals surface area contributed by atoms with Gasteiger partial charge in [-0.15, -0.1) is 0 Å². The van der Waals surface area contributed by atoms with Crippen molar-refractivity contribution in [2.45, 2.75) is 32.7 Å². The molecule has 0 radical (unpaired) electrons. The van der Waals surface area contributed by atoms with Gasteiger partial charge >= 0.3 is 0 Å². The van der Waals surface area contributed by atoms with Crippen LogP contribution in [0, 0.1) is 6.92 Å². The minimum atomic E-state index is -0.516. The quantitative estimate of drug-likeness (QED) is 0.478. The molecule has 2 aliphatic heterocycles. The van der Waals surface area contributed by atoms with Crippen LogP contribution in [0.25, 0.3) is 5.57 Å². The summed E-state index contributed by atoms with van der Waals surface area (Å²) in [4.78, 5) is 22.9. The minimum absolute atomic E-state index is 0.0581. The van der Waals surface area contributed by atoms with Crippen LogP contribution in [-0.4, -0.2) is 72.9 Å². The molecular weight excluding hydrogens is 486 g/mol. The molecule has 8 heteroatoms. The van der Waals surface area contributed by atoms with Gasteiger partial charge < -0.3 is 19.6 Å². The molecule has 37 heavy (non-hydrogen) atoms. The number of nitrogens with zero attached hydrogens (tertiary/aromatic N) is 4. The second kappa shape index (κ2) is 12.5. The van der Waals surface area contributed by atoms with Crippen LogP contribution in [0.5, 0.6) is 0 Å². The molecule has 7 nitrogen and oxygen atoms in total. The Morgan fingerprint density at radius 3 is 2.62 bits per heavy atom. The molecular formula is C29H36ClN5O2. The molecule has 1 amide bonds. The number of benzene rings is 1. The summed E-state index contributed by atoms with van der Waals surface area (Å²) < 4.78 is 5.78. The molecule has 0 bridgehead atoms. The standard InChI is InChI=1S/C29H36ClN5O2/c1-5-8-24-23(6-2)27-20(3)33-37-29(27)25(32-28(24)21-9-11-22(30)12-10-21)19-26(36)31-13-7-14-35-17-15-34(4)16-18-35/h5-6,8-12,25H,2,7,13-19H2,1,3-4H3,(H,31,36)/b8-5-/t25-/m0/s1. The summed E-state index contributed by atoms with van der Waals surface area (Å²) in [5.41, 5.74) is 5.06. The van der Waals surface area contributed by atoms with Gasteiger partial charge in [-0.1, -0.05) is 53.7 Å². The van der Waals surface area contributed by atoms with Crippen molar-refractivity contribution >= 4 is 28.8 Å². The van der Waals surface area contributed by atoms with Crippen LogP contribution in [0.15, 0.2) is 64.2 Å². The third-order valence-electron chi connectivity index (χ3n) is 6.89. The number of carbonyl (C=O) groups is 1. The van der Waals surface area contributed by atoms with Crippen molar-refractivity contribution < 1.29 is 9.32 Å². The van der Waals surface area contributed by atoms with E-state index in [1.807, 2.05) is 56.3 Å². The molecule has 1 fully saturated rings. The highest BCUT2D eigenvalue weighted by Crippen LogP contribution is 2.39. The van der Waals surface area contributed by atoms with Gasteiger partial charge in [0.25, 0.3) is 0 Å². The third-order valence-corrected chi connectivity index (χ3v) is 7.15. The number of likely N-dealkylation sites (N-methyl/N-ethyl adjacent to an activating group) is 1. The highest BCUT2D eigenvalue weighted by atomic mass is 35.5. The van der Waals surface area contributed by atoms with E-state index in [-0.39, 0.29) is 12.3 Å². The van der Waals surface area contributed by atoms with E-state index < -0.39 is 6.04 Å². The average Bonchev–Trinajstić information content (AvgIpc) is 3.21. The molecule has 2 aromatic rings. The lowest BCUT2D eigenvalue weighted by Crippen LogP contribution is -2.45. The number of aryl methyl sites for hydroxylation is 1. The Morgan fingerprint density at radius 2 is 1.95 bits per heavy atom. The Hall–Kier alpha value is -3.00. The number of aliphatic imine (C=N–C) groups is 1. The van der Waals surface area contributed by atoms with Crippen LogP contribution >= 0.6 is 11.6 Å². The molecule has 1 aromatic carbocycles. The normalized spacial score (nSPS) is 19.0. The van der Waals surface area contributed by atoms with E-state index in [1.54, 1.807) is 0 Å². The topological polar surface area (TPSA) is 74.0 Å². The fourth-order valence-corrected chi connectivity index (χ4v) is 4.99. The predicted octanol–water partition coefficient (Wildman–Crippen LogP) is 4.84. The van der Waals surface area contributed by atoms with Crippen LogP contribution < -0.4 is 5.32 Å². The Balaban J connectivity index is 1.56. The fraction of sp³-hybridized carbons (Fsp3) is 0.414. The maximum Gasteiger partial charge on any atom is 0.222 e. The zero-order valence-electron chi connectivity index (χ0n) is 22.0. The van der Waals surface area contributed by atoms with Crippen LogP contribution in [0.1, 0.15) is 48.4 Å². The van der Waals surface area contributed by atoms with Crippen LogP contribution in [0.2, 0.25) is 5.02 Å². The first kappa shape index (κ1) is 27.0. The first-order valence-electron chi connectivity index (χ1n) is 12.9. The van der Waals surface area contributed by atoms with Crippen molar-refractivity contribution in [3.05, 3.63) is 82.2 Å². The van der Waals surface area contributed by atoms with Crippen LogP contribution in [0.3, 0.4) is 0 Å². The van der Waals surface area contributed by atoms with Crippen molar-refractivity contribution in [1.82, 2.24) is 20.3 Å². The molecule has 0 spiro atoms. The first-order valence-corrected chi connectivity index (χ1v) is 13.3. The zero-order valence-corrected chi connectivity index (χ0v) is 22.7. The number of amides is 1.